The summed E-state index contributed by atoms with van der Waals surface area (Å²) in [7, 11) is 0. The lowest BCUT2D eigenvalue weighted by atomic mass is 10.1. The van der Waals surface area contributed by atoms with Gasteiger partial charge in [-0.05, 0) is 30.7 Å². The lowest BCUT2D eigenvalue weighted by molar-refractivity contribution is 0.0949. The van der Waals surface area contributed by atoms with Crippen molar-refractivity contribution in [3.63, 3.8) is 0 Å². The molecule has 4 nitrogen and oxygen atoms in total. The largest absolute Gasteiger partial charge is 0.345 e. The molecule has 0 saturated carbocycles. The highest BCUT2D eigenvalue weighted by Crippen LogP contribution is 2.19. The lowest BCUT2D eigenvalue weighted by Gasteiger charge is -2.11. The quantitative estimate of drug-likeness (QED) is 0.326. The monoisotopic (exact) mass is 425 g/mol. The highest BCUT2D eigenvalue weighted by atomic mass is 35.5. The van der Waals surface area contributed by atoms with Crippen LogP contribution in [-0.4, -0.2) is 15.5 Å². The molecule has 5 heteroatoms. The standard InChI is InChI=1S/C25H32ClN3O/c1-2-3-4-5-6-7-8-13-18-29-23-17-12-11-16-22(23)28-24(29)19-27-25(30)20-14-9-10-15-21(20)26/h9-12,14-17H,2-8,13,18-19H2,1H3,(H,27,30). The van der Waals surface area contributed by atoms with Crippen molar-refractivity contribution in [2.24, 2.45) is 0 Å². The second-order valence-electron chi connectivity index (χ2n) is 7.81. The zero-order valence-corrected chi connectivity index (χ0v) is 18.6. The maximum Gasteiger partial charge on any atom is 0.253 e. The molecule has 0 radical (unpaired) electrons. The summed E-state index contributed by atoms with van der Waals surface area (Å²) in [4.78, 5) is 17.3. The Bertz CT molecular complexity index is 950. The molecule has 30 heavy (non-hydrogen) atoms. The van der Waals surface area contributed by atoms with E-state index >= 15 is 0 Å². The molecule has 0 unspecified atom stereocenters. The Hall–Kier alpha value is -2.33. The van der Waals surface area contributed by atoms with E-state index < -0.39 is 0 Å². The number of nitrogens with one attached hydrogen (secondary N) is 1. The number of benzene rings is 2. The van der Waals surface area contributed by atoms with Gasteiger partial charge in [0.2, 0.25) is 0 Å². The summed E-state index contributed by atoms with van der Waals surface area (Å²) in [6.07, 6.45) is 10.3. The number of rotatable bonds is 12. The minimum atomic E-state index is -0.175. The van der Waals surface area contributed by atoms with E-state index in [4.69, 9.17) is 16.6 Å². The van der Waals surface area contributed by atoms with E-state index in [-0.39, 0.29) is 5.91 Å². The smallest absolute Gasteiger partial charge is 0.253 e. The summed E-state index contributed by atoms with van der Waals surface area (Å²) in [5, 5.41) is 3.44. The van der Waals surface area contributed by atoms with Crippen molar-refractivity contribution < 1.29 is 4.79 Å². The lowest BCUT2D eigenvalue weighted by Crippen LogP contribution is -2.25. The van der Waals surface area contributed by atoms with Crippen LogP contribution in [0, 0.1) is 0 Å². The van der Waals surface area contributed by atoms with Gasteiger partial charge in [-0.15, -0.1) is 0 Å². The molecule has 2 aromatic carbocycles. The van der Waals surface area contributed by atoms with E-state index in [1.54, 1.807) is 12.1 Å². The molecule has 0 saturated heterocycles. The molecular formula is C25H32ClN3O. The van der Waals surface area contributed by atoms with E-state index in [9.17, 15) is 4.79 Å². The molecule has 1 aromatic heterocycles. The molecule has 1 heterocycles. The SMILES string of the molecule is CCCCCCCCCCn1c(CNC(=O)c2ccccc2Cl)nc2ccccc21. The number of para-hydroxylation sites is 2. The van der Waals surface area contributed by atoms with Crippen LogP contribution in [0.1, 0.15) is 74.5 Å². The molecule has 3 aromatic rings. The topological polar surface area (TPSA) is 46.9 Å². The summed E-state index contributed by atoms with van der Waals surface area (Å²) in [6, 6.07) is 15.3. The summed E-state index contributed by atoms with van der Waals surface area (Å²) >= 11 is 6.15. The van der Waals surface area contributed by atoms with E-state index in [1.165, 1.54) is 44.9 Å². The van der Waals surface area contributed by atoms with Crippen molar-refractivity contribution >= 4 is 28.5 Å². The molecule has 1 amide bonds. The van der Waals surface area contributed by atoms with Crippen molar-refractivity contribution in [3.05, 3.63) is 64.9 Å². The van der Waals surface area contributed by atoms with E-state index in [1.807, 2.05) is 30.3 Å². The fourth-order valence-corrected chi connectivity index (χ4v) is 4.04. The van der Waals surface area contributed by atoms with Crippen LogP contribution >= 0.6 is 11.6 Å². The van der Waals surface area contributed by atoms with Gasteiger partial charge in [0.25, 0.3) is 5.91 Å². The first kappa shape index (κ1) is 22.4. The van der Waals surface area contributed by atoms with Crippen LogP contribution < -0.4 is 5.32 Å². The van der Waals surface area contributed by atoms with Crippen LogP contribution in [0.4, 0.5) is 0 Å². The number of imidazole rings is 1. The minimum absolute atomic E-state index is 0.175. The van der Waals surface area contributed by atoms with Gasteiger partial charge in [-0.3, -0.25) is 4.79 Å². The van der Waals surface area contributed by atoms with Crippen molar-refractivity contribution in [1.82, 2.24) is 14.9 Å². The highest BCUT2D eigenvalue weighted by molar-refractivity contribution is 6.33. The number of amides is 1. The number of carbonyl (C=O) groups is 1. The average molecular weight is 426 g/mol. The van der Waals surface area contributed by atoms with Crippen LogP contribution in [0.25, 0.3) is 11.0 Å². The van der Waals surface area contributed by atoms with Crippen molar-refractivity contribution in [1.29, 1.82) is 0 Å². The first-order valence-corrected chi connectivity index (χ1v) is 11.6. The predicted molar refractivity (Wildman–Crippen MR) is 125 cm³/mol. The number of halogens is 1. The molecule has 0 atom stereocenters. The van der Waals surface area contributed by atoms with Crippen molar-refractivity contribution in [2.45, 2.75) is 71.4 Å². The maximum atomic E-state index is 12.5. The number of fused-ring (bicyclic) bond motifs is 1. The van der Waals surface area contributed by atoms with E-state index in [0.29, 0.717) is 17.1 Å². The number of aromatic nitrogens is 2. The van der Waals surface area contributed by atoms with Gasteiger partial charge in [0.1, 0.15) is 5.82 Å². The summed E-state index contributed by atoms with van der Waals surface area (Å²) in [5.41, 5.74) is 2.59. The third kappa shape index (κ3) is 6.09. The fourth-order valence-electron chi connectivity index (χ4n) is 3.81. The van der Waals surface area contributed by atoms with Crippen LogP contribution in [0.2, 0.25) is 5.02 Å². The van der Waals surface area contributed by atoms with E-state index in [0.717, 1.165) is 29.8 Å². The molecule has 1 N–H and O–H groups in total. The average Bonchev–Trinajstić information content (AvgIpc) is 3.12. The highest BCUT2D eigenvalue weighted by Gasteiger charge is 2.13. The third-order valence-electron chi connectivity index (χ3n) is 5.49. The summed E-state index contributed by atoms with van der Waals surface area (Å²) < 4.78 is 2.25. The zero-order valence-electron chi connectivity index (χ0n) is 17.9. The van der Waals surface area contributed by atoms with Gasteiger partial charge < -0.3 is 9.88 Å². The zero-order chi connectivity index (χ0) is 21.2. The van der Waals surface area contributed by atoms with Crippen LogP contribution in [0.5, 0.6) is 0 Å². The van der Waals surface area contributed by atoms with Gasteiger partial charge in [0, 0.05) is 6.54 Å². The minimum Gasteiger partial charge on any atom is -0.345 e. The molecule has 0 fully saturated rings. The van der Waals surface area contributed by atoms with Crippen molar-refractivity contribution in [2.75, 3.05) is 0 Å². The van der Waals surface area contributed by atoms with Crippen LogP contribution in [0.15, 0.2) is 48.5 Å². The Morgan fingerprint density at radius 2 is 1.60 bits per heavy atom. The van der Waals surface area contributed by atoms with Gasteiger partial charge in [-0.2, -0.15) is 0 Å². The number of aryl methyl sites for hydroxylation is 1. The predicted octanol–water partition coefficient (Wildman–Crippen LogP) is 6.76. The maximum absolute atomic E-state index is 12.5. The third-order valence-corrected chi connectivity index (χ3v) is 5.82. The van der Waals surface area contributed by atoms with Crippen LogP contribution in [0.3, 0.4) is 0 Å². The Labute approximate surface area is 184 Å². The first-order chi connectivity index (χ1) is 14.7. The van der Waals surface area contributed by atoms with Gasteiger partial charge in [0.15, 0.2) is 0 Å². The van der Waals surface area contributed by atoms with Gasteiger partial charge >= 0.3 is 0 Å². The molecule has 0 bridgehead atoms. The number of unbranched alkanes of at least 4 members (excludes halogenated alkanes) is 7. The van der Waals surface area contributed by atoms with E-state index in [2.05, 4.69) is 22.9 Å². The second-order valence-corrected chi connectivity index (χ2v) is 8.21. The van der Waals surface area contributed by atoms with Gasteiger partial charge in [-0.1, -0.05) is 87.7 Å². The fraction of sp³-hybridized carbons (Fsp3) is 0.440. The van der Waals surface area contributed by atoms with Crippen molar-refractivity contribution in [3.8, 4) is 0 Å². The molecule has 0 aliphatic rings. The molecule has 160 valence electrons. The Morgan fingerprint density at radius 1 is 0.933 bits per heavy atom. The van der Waals surface area contributed by atoms with Gasteiger partial charge in [0.05, 0.1) is 28.2 Å². The number of hydrogen-bond acceptors (Lipinski definition) is 2. The molecule has 0 aliphatic heterocycles. The number of hydrogen-bond donors (Lipinski definition) is 1. The van der Waals surface area contributed by atoms with Crippen LogP contribution in [-0.2, 0) is 13.1 Å². The number of nitrogens with zero attached hydrogens (tertiary/aromatic N) is 2. The normalized spacial score (nSPS) is 11.1. The first-order valence-electron chi connectivity index (χ1n) is 11.2. The molecule has 0 aliphatic carbocycles. The molecular weight excluding hydrogens is 394 g/mol. The summed E-state index contributed by atoms with van der Waals surface area (Å²) in [5.74, 6) is 0.714. The van der Waals surface area contributed by atoms with Gasteiger partial charge in [-0.25, -0.2) is 4.98 Å². The molecule has 3 rings (SSSR count). The Morgan fingerprint density at radius 3 is 2.37 bits per heavy atom. The second kappa shape index (κ2) is 11.8. The molecule has 0 spiro atoms. The Kier molecular flexibility index (Phi) is 8.76. The summed E-state index contributed by atoms with van der Waals surface area (Å²) in [6.45, 7) is 3.56. The Balaban J connectivity index is 1.59. The number of carbonyl (C=O) groups excluding carboxylic acids is 1.